The van der Waals surface area contributed by atoms with E-state index >= 15 is 0 Å². The lowest BCUT2D eigenvalue weighted by molar-refractivity contribution is 0.0371. The molecule has 15 heavy (non-hydrogen) atoms. The minimum atomic E-state index is -0.892. The summed E-state index contributed by atoms with van der Waals surface area (Å²) in [6.45, 7) is 3.60. The Morgan fingerprint density at radius 2 is 2.27 bits per heavy atom. The SMILES string of the molecule is CN(CC(C)(C)O)C(=O)c1sccc1N. The third-order valence-electron chi connectivity index (χ3n) is 1.86. The number of nitrogen functional groups attached to an aromatic ring is 1. The van der Waals surface area contributed by atoms with E-state index in [4.69, 9.17) is 5.73 Å². The lowest BCUT2D eigenvalue weighted by Crippen LogP contribution is -2.39. The smallest absolute Gasteiger partial charge is 0.265 e. The Kier molecular flexibility index (Phi) is 3.36. The Hall–Kier alpha value is -1.07. The van der Waals surface area contributed by atoms with Crippen LogP contribution in [0.15, 0.2) is 11.4 Å². The zero-order valence-corrected chi connectivity index (χ0v) is 9.97. The van der Waals surface area contributed by atoms with Gasteiger partial charge in [-0.05, 0) is 25.3 Å². The first-order valence-electron chi connectivity index (χ1n) is 4.62. The Labute approximate surface area is 93.3 Å². The normalized spacial score (nSPS) is 11.5. The van der Waals surface area contributed by atoms with E-state index in [9.17, 15) is 9.90 Å². The van der Waals surface area contributed by atoms with Crippen molar-refractivity contribution in [1.29, 1.82) is 0 Å². The van der Waals surface area contributed by atoms with Crippen molar-refractivity contribution in [3.8, 4) is 0 Å². The van der Waals surface area contributed by atoms with Gasteiger partial charge >= 0.3 is 0 Å². The monoisotopic (exact) mass is 228 g/mol. The van der Waals surface area contributed by atoms with Gasteiger partial charge in [0.2, 0.25) is 0 Å². The molecule has 0 bridgehead atoms. The molecule has 0 fully saturated rings. The number of hydrogen-bond acceptors (Lipinski definition) is 4. The molecule has 5 heteroatoms. The van der Waals surface area contributed by atoms with Crippen molar-refractivity contribution in [2.75, 3.05) is 19.3 Å². The van der Waals surface area contributed by atoms with Crippen LogP contribution < -0.4 is 5.73 Å². The summed E-state index contributed by atoms with van der Waals surface area (Å²) in [4.78, 5) is 13.9. The first-order valence-corrected chi connectivity index (χ1v) is 5.50. The van der Waals surface area contributed by atoms with E-state index in [0.29, 0.717) is 10.6 Å². The molecule has 0 unspecified atom stereocenters. The van der Waals surface area contributed by atoms with Gasteiger partial charge in [-0.1, -0.05) is 0 Å². The molecule has 0 saturated carbocycles. The number of aliphatic hydroxyl groups is 1. The van der Waals surface area contributed by atoms with Gasteiger partial charge in [0.1, 0.15) is 4.88 Å². The van der Waals surface area contributed by atoms with E-state index in [1.54, 1.807) is 32.3 Å². The van der Waals surface area contributed by atoms with E-state index in [1.807, 2.05) is 0 Å². The highest BCUT2D eigenvalue weighted by molar-refractivity contribution is 7.12. The molecular formula is C10H16N2O2S. The van der Waals surface area contributed by atoms with Crippen LogP contribution in [0.1, 0.15) is 23.5 Å². The average Bonchev–Trinajstić information content (AvgIpc) is 2.47. The fraction of sp³-hybridized carbons (Fsp3) is 0.500. The van der Waals surface area contributed by atoms with Gasteiger partial charge < -0.3 is 15.7 Å². The predicted molar refractivity (Wildman–Crippen MR) is 62.0 cm³/mol. The number of rotatable bonds is 3. The van der Waals surface area contributed by atoms with E-state index in [0.717, 1.165) is 0 Å². The van der Waals surface area contributed by atoms with Crippen molar-refractivity contribution >= 4 is 22.9 Å². The summed E-state index contributed by atoms with van der Waals surface area (Å²) in [5.41, 5.74) is 5.24. The number of thiophene rings is 1. The van der Waals surface area contributed by atoms with Gasteiger partial charge in [0.05, 0.1) is 11.3 Å². The maximum atomic E-state index is 11.8. The van der Waals surface area contributed by atoms with Gasteiger partial charge in [-0.15, -0.1) is 11.3 Å². The van der Waals surface area contributed by atoms with Crippen LogP contribution in [0.2, 0.25) is 0 Å². The Morgan fingerprint density at radius 1 is 1.67 bits per heavy atom. The van der Waals surface area contributed by atoms with Crippen LogP contribution in [-0.2, 0) is 0 Å². The Balaban J connectivity index is 2.74. The summed E-state index contributed by atoms with van der Waals surface area (Å²) >= 11 is 1.31. The number of carbonyl (C=O) groups is 1. The lowest BCUT2D eigenvalue weighted by Gasteiger charge is -2.25. The number of anilines is 1. The number of amides is 1. The van der Waals surface area contributed by atoms with Crippen LogP contribution in [0.5, 0.6) is 0 Å². The molecule has 1 aromatic rings. The Morgan fingerprint density at radius 3 is 2.67 bits per heavy atom. The topological polar surface area (TPSA) is 66.6 Å². The molecule has 1 heterocycles. The molecule has 0 spiro atoms. The molecule has 0 radical (unpaired) electrons. The van der Waals surface area contributed by atoms with E-state index in [1.165, 1.54) is 16.2 Å². The van der Waals surface area contributed by atoms with Gasteiger partial charge in [0.25, 0.3) is 5.91 Å². The van der Waals surface area contributed by atoms with Gasteiger partial charge in [0.15, 0.2) is 0 Å². The molecule has 4 nitrogen and oxygen atoms in total. The standard InChI is InChI=1S/C10H16N2O2S/c1-10(2,14)6-12(3)9(13)8-7(11)4-5-15-8/h4-5,14H,6,11H2,1-3H3. The van der Waals surface area contributed by atoms with Crippen LogP contribution in [0.3, 0.4) is 0 Å². The number of hydrogen-bond donors (Lipinski definition) is 2. The van der Waals surface area contributed by atoms with Crippen LogP contribution in [0.4, 0.5) is 5.69 Å². The van der Waals surface area contributed by atoms with Gasteiger partial charge in [-0.3, -0.25) is 4.79 Å². The van der Waals surface area contributed by atoms with Crippen LogP contribution in [0, 0.1) is 0 Å². The molecule has 84 valence electrons. The Bertz CT molecular complexity index is 355. The predicted octanol–water partition coefficient (Wildman–Crippen LogP) is 1.17. The third kappa shape index (κ3) is 3.21. The second-order valence-corrected chi connectivity index (χ2v) is 5.09. The molecule has 0 aliphatic heterocycles. The van der Waals surface area contributed by atoms with Crippen molar-refractivity contribution in [3.63, 3.8) is 0 Å². The van der Waals surface area contributed by atoms with Crippen LogP contribution >= 0.6 is 11.3 Å². The van der Waals surface area contributed by atoms with Crippen molar-refractivity contribution in [3.05, 3.63) is 16.3 Å². The molecule has 1 aromatic heterocycles. The molecule has 0 atom stereocenters. The first kappa shape index (κ1) is 12.0. The highest BCUT2D eigenvalue weighted by Gasteiger charge is 2.22. The fourth-order valence-corrected chi connectivity index (χ4v) is 2.13. The van der Waals surface area contributed by atoms with Gasteiger partial charge in [0, 0.05) is 13.6 Å². The van der Waals surface area contributed by atoms with E-state index in [2.05, 4.69) is 0 Å². The lowest BCUT2D eigenvalue weighted by atomic mass is 10.1. The highest BCUT2D eigenvalue weighted by atomic mass is 32.1. The zero-order valence-electron chi connectivity index (χ0n) is 9.15. The number of nitrogens with zero attached hydrogens (tertiary/aromatic N) is 1. The summed E-state index contributed by atoms with van der Waals surface area (Å²) in [7, 11) is 1.65. The van der Waals surface area contributed by atoms with Gasteiger partial charge in [-0.2, -0.15) is 0 Å². The maximum Gasteiger partial charge on any atom is 0.265 e. The first-order chi connectivity index (χ1) is 6.81. The molecule has 0 aliphatic carbocycles. The molecule has 1 rings (SSSR count). The molecular weight excluding hydrogens is 212 g/mol. The maximum absolute atomic E-state index is 11.8. The van der Waals surface area contributed by atoms with Crippen molar-refractivity contribution in [2.45, 2.75) is 19.4 Å². The second kappa shape index (κ2) is 4.20. The molecule has 1 amide bonds. The number of carbonyl (C=O) groups excluding carboxylic acids is 1. The average molecular weight is 228 g/mol. The molecule has 0 aromatic carbocycles. The largest absolute Gasteiger partial charge is 0.397 e. The highest BCUT2D eigenvalue weighted by Crippen LogP contribution is 2.20. The minimum Gasteiger partial charge on any atom is -0.397 e. The minimum absolute atomic E-state index is 0.148. The summed E-state index contributed by atoms with van der Waals surface area (Å²) in [6.07, 6.45) is 0. The summed E-state index contributed by atoms with van der Waals surface area (Å²) in [5.74, 6) is -0.148. The number of nitrogens with two attached hydrogens (primary N) is 1. The fourth-order valence-electron chi connectivity index (χ4n) is 1.32. The third-order valence-corrected chi connectivity index (χ3v) is 2.78. The summed E-state index contributed by atoms with van der Waals surface area (Å²) in [6, 6.07) is 1.70. The van der Waals surface area contributed by atoms with Crippen molar-refractivity contribution < 1.29 is 9.90 Å². The van der Waals surface area contributed by atoms with Crippen molar-refractivity contribution in [1.82, 2.24) is 4.90 Å². The van der Waals surface area contributed by atoms with Crippen molar-refractivity contribution in [2.24, 2.45) is 0 Å². The number of likely N-dealkylation sites (N-methyl/N-ethyl adjacent to an activating group) is 1. The quantitative estimate of drug-likeness (QED) is 0.816. The van der Waals surface area contributed by atoms with Crippen LogP contribution in [0.25, 0.3) is 0 Å². The summed E-state index contributed by atoms with van der Waals surface area (Å²) in [5, 5.41) is 11.4. The van der Waals surface area contributed by atoms with Gasteiger partial charge in [-0.25, -0.2) is 0 Å². The van der Waals surface area contributed by atoms with Crippen LogP contribution in [-0.4, -0.2) is 35.1 Å². The molecule has 0 aliphatic rings. The molecule has 3 N–H and O–H groups in total. The second-order valence-electron chi connectivity index (χ2n) is 4.18. The van der Waals surface area contributed by atoms with E-state index in [-0.39, 0.29) is 12.5 Å². The van der Waals surface area contributed by atoms with E-state index < -0.39 is 5.60 Å². The summed E-state index contributed by atoms with van der Waals surface area (Å²) < 4.78 is 0. The zero-order chi connectivity index (χ0) is 11.6. The molecule has 0 saturated heterocycles.